The van der Waals surface area contributed by atoms with E-state index in [0.717, 1.165) is 17.5 Å². The zero-order chi connectivity index (χ0) is 9.14. The number of phenolic OH excluding ortho intramolecular Hbond substituents is 1. The van der Waals surface area contributed by atoms with Crippen LogP contribution in [0.25, 0.3) is 0 Å². The Balaban J connectivity index is 3.24. The van der Waals surface area contributed by atoms with Crippen LogP contribution >= 0.6 is 0 Å². The van der Waals surface area contributed by atoms with Crippen LogP contribution in [0.2, 0.25) is 0 Å². The molecular formula is C10H14O. The van der Waals surface area contributed by atoms with E-state index in [1.54, 1.807) is 0 Å². The van der Waals surface area contributed by atoms with Gasteiger partial charge in [-0.15, -0.1) is 0 Å². The van der Waals surface area contributed by atoms with Crippen LogP contribution in [0, 0.1) is 13.8 Å². The van der Waals surface area contributed by atoms with E-state index in [2.05, 4.69) is 25.0 Å². The van der Waals surface area contributed by atoms with E-state index in [1.807, 2.05) is 13.0 Å². The number of phenols is 1. The maximum atomic E-state index is 6.90. The molecule has 0 saturated heterocycles. The van der Waals surface area contributed by atoms with Gasteiger partial charge in [0.05, 0.1) is 0 Å². The first kappa shape index (κ1) is 6.71. The molecule has 1 heteroatoms. The predicted octanol–water partition coefficient (Wildman–Crippen LogP) is 2.57. The molecule has 1 nitrogen and oxygen atoms in total. The van der Waals surface area contributed by atoms with Crippen molar-refractivity contribution in [3.05, 3.63) is 28.8 Å². The molecule has 0 bridgehead atoms. The number of rotatable bonds is 2. The molecule has 0 amide bonds. The summed E-state index contributed by atoms with van der Waals surface area (Å²) in [5.74, 6) is 0.711. The Bertz CT molecular complexity index is 281. The third-order valence-electron chi connectivity index (χ3n) is 1.88. The van der Waals surface area contributed by atoms with Gasteiger partial charge in [0.2, 0.25) is 0 Å². The Morgan fingerprint density at radius 3 is 2.73 bits per heavy atom. The molecule has 0 radical (unpaired) electrons. The Morgan fingerprint density at radius 2 is 2.18 bits per heavy atom. The molecule has 0 aliphatic rings. The standard InChI is InChI=1S/C10H14O/c1-4-9-6-7(2)5-8(3)10(9)11/h5-6,11H,4H2,1-3H3/i/hD. The van der Waals surface area contributed by atoms with Crippen molar-refractivity contribution in [2.45, 2.75) is 27.2 Å². The van der Waals surface area contributed by atoms with Crippen molar-refractivity contribution in [3.8, 4) is 5.75 Å². The van der Waals surface area contributed by atoms with Gasteiger partial charge >= 0.3 is 0 Å². The van der Waals surface area contributed by atoms with Crippen molar-refractivity contribution in [3.63, 3.8) is 0 Å². The lowest BCUT2D eigenvalue weighted by Gasteiger charge is -2.05. The fourth-order valence-electron chi connectivity index (χ4n) is 1.30. The second-order valence-corrected chi connectivity index (χ2v) is 2.92. The van der Waals surface area contributed by atoms with Crippen LogP contribution in [-0.2, 0) is 6.42 Å². The van der Waals surface area contributed by atoms with Gasteiger partial charge in [-0.05, 0) is 31.4 Å². The normalized spacial score (nSPS) is 11.0. The van der Waals surface area contributed by atoms with Gasteiger partial charge in [0, 0.05) is 0 Å². The summed E-state index contributed by atoms with van der Waals surface area (Å²) in [4.78, 5) is 0. The number of benzene rings is 1. The van der Waals surface area contributed by atoms with Crippen LogP contribution in [0.3, 0.4) is 0 Å². The predicted molar refractivity (Wildman–Crippen MR) is 47.0 cm³/mol. The minimum atomic E-state index is 0.711. The number of aromatic hydroxyl groups is 1. The van der Waals surface area contributed by atoms with Crippen molar-refractivity contribution in [2.24, 2.45) is 0 Å². The van der Waals surface area contributed by atoms with Crippen molar-refractivity contribution >= 4 is 0 Å². The van der Waals surface area contributed by atoms with Gasteiger partial charge in [0.15, 0.2) is 0 Å². The first-order chi connectivity index (χ1) is 5.69. The largest absolute Gasteiger partial charge is 0.507 e. The van der Waals surface area contributed by atoms with E-state index < -0.39 is 0 Å². The van der Waals surface area contributed by atoms with Gasteiger partial charge < -0.3 is 5.11 Å². The van der Waals surface area contributed by atoms with Crippen molar-refractivity contribution in [1.29, 1.82) is 1.43 Å². The summed E-state index contributed by atoms with van der Waals surface area (Å²) in [5, 5.41) is 4.57. The third-order valence-corrected chi connectivity index (χ3v) is 1.88. The van der Waals surface area contributed by atoms with E-state index in [0.29, 0.717) is 5.75 Å². The second-order valence-electron chi connectivity index (χ2n) is 2.92. The monoisotopic (exact) mass is 151 g/mol. The molecule has 0 aliphatic carbocycles. The smallest absolute Gasteiger partial charge is 0.293 e. The van der Waals surface area contributed by atoms with Gasteiger partial charge in [0.25, 0.3) is 1.43 Å². The molecule has 0 fully saturated rings. The van der Waals surface area contributed by atoms with Crippen LogP contribution in [-0.4, -0.2) is 6.54 Å². The van der Waals surface area contributed by atoms with Crippen LogP contribution in [0.5, 0.6) is 5.75 Å². The van der Waals surface area contributed by atoms with Gasteiger partial charge in [-0.2, -0.15) is 0 Å². The van der Waals surface area contributed by atoms with Crippen molar-refractivity contribution < 1.29 is 5.11 Å². The molecule has 1 N–H and O–H groups in total. The maximum absolute atomic E-state index is 6.90. The molecule has 1 rings (SSSR count). The zero-order valence-corrected chi connectivity index (χ0v) is 7.27. The summed E-state index contributed by atoms with van der Waals surface area (Å²) in [5.41, 5.74) is 3.38. The highest BCUT2D eigenvalue weighted by molar-refractivity contribution is 5.42. The third kappa shape index (κ3) is 1.53. The van der Waals surface area contributed by atoms with E-state index in [1.165, 1.54) is 5.56 Å². The zero-order valence-electron chi connectivity index (χ0n) is 8.27. The molecule has 0 heterocycles. The molecule has 1 aromatic rings. The molecule has 0 aromatic heterocycles. The van der Waals surface area contributed by atoms with Crippen LogP contribution in [0.1, 0.15) is 23.6 Å². The lowest BCUT2D eigenvalue weighted by atomic mass is 10.0. The van der Waals surface area contributed by atoms with Gasteiger partial charge in [-0.3, -0.25) is 0 Å². The van der Waals surface area contributed by atoms with E-state index in [4.69, 9.17) is 1.43 Å². The Hall–Kier alpha value is -0.980. The molecule has 0 unspecified atom stereocenters. The van der Waals surface area contributed by atoms with Gasteiger partial charge in [0.1, 0.15) is 5.75 Å². The van der Waals surface area contributed by atoms with Crippen LogP contribution in [0.4, 0.5) is 0 Å². The summed E-state index contributed by atoms with van der Waals surface area (Å²) in [6.45, 7) is 6.09. The SMILES string of the molecule is [2H]Oc1c(C)cc(C)cc1CC. The van der Waals surface area contributed by atoms with Crippen molar-refractivity contribution in [1.82, 2.24) is 0 Å². The van der Waals surface area contributed by atoms with E-state index in [-0.39, 0.29) is 0 Å². The topological polar surface area (TPSA) is 20.2 Å². The maximum Gasteiger partial charge on any atom is 0.293 e. The summed E-state index contributed by atoms with van der Waals surface area (Å²) < 4.78 is 6.90. The molecule has 11 heavy (non-hydrogen) atoms. The summed E-state index contributed by atoms with van der Waals surface area (Å²) in [6, 6.07) is 4.10. The Labute approximate surface area is 69.2 Å². The molecule has 0 saturated carbocycles. The fourth-order valence-corrected chi connectivity index (χ4v) is 1.30. The van der Waals surface area contributed by atoms with Gasteiger partial charge in [-0.1, -0.05) is 24.6 Å². The number of hydrogen-bond donors (Lipinski definition) is 1. The molecular weight excluding hydrogens is 136 g/mol. The fraction of sp³-hybridized carbons (Fsp3) is 0.400. The molecule has 0 aliphatic heterocycles. The lowest BCUT2D eigenvalue weighted by Crippen LogP contribution is -1.86. The Morgan fingerprint density at radius 1 is 1.45 bits per heavy atom. The summed E-state index contributed by atoms with van der Waals surface area (Å²) in [6.07, 6.45) is 0.913. The quantitative estimate of drug-likeness (QED) is 0.688. The highest BCUT2D eigenvalue weighted by Crippen LogP contribution is 2.23. The molecule has 0 atom stereocenters. The number of aryl methyl sites for hydroxylation is 3. The summed E-state index contributed by atoms with van der Waals surface area (Å²) >= 11 is 0. The minimum absolute atomic E-state index is 0.711. The van der Waals surface area contributed by atoms with Crippen LogP contribution in [0.15, 0.2) is 12.1 Å². The highest BCUT2D eigenvalue weighted by atomic mass is 16.3. The molecule has 0 spiro atoms. The molecule has 1 aromatic carbocycles. The van der Waals surface area contributed by atoms with E-state index >= 15 is 0 Å². The number of hydrogen-bond acceptors (Lipinski definition) is 1. The van der Waals surface area contributed by atoms with Crippen molar-refractivity contribution in [2.75, 3.05) is 0 Å². The highest BCUT2D eigenvalue weighted by Gasteiger charge is 2.02. The van der Waals surface area contributed by atoms with E-state index in [9.17, 15) is 0 Å². The minimum Gasteiger partial charge on any atom is -0.507 e. The first-order valence-electron chi connectivity index (χ1n) is 4.33. The second kappa shape index (κ2) is 2.95. The lowest BCUT2D eigenvalue weighted by molar-refractivity contribution is 0.464. The van der Waals surface area contributed by atoms with Gasteiger partial charge in [-0.25, -0.2) is 0 Å². The first-order valence-corrected chi connectivity index (χ1v) is 3.92. The average Bonchev–Trinajstić information content (AvgIpc) is 2.03. The average molecular weight is 151 g/mol. The van der Waals surface area contributed by atoms with Crippen LogP contribution < -0.4 is 0 Å². The molecule has 60 valence electrons. The summed E-state index contributed by atoms with van der Waals surface area (Å²) in [7, 11) is 0. The Kier molecular flexibility index (Phi) is 1.80.